The Hall–Kier alpha value is -2.51. The van der Waals surface area contributed by atoms with E-state index in [2.05, 4.69) is 15.2 Å². The van der Waals surface area contributed by atoms with Gasteiger partial charge in [0.05, 0.1) is 18.5 Å². The molecule has 0 bridgehead atoms. The lowest BCUT2D eigenvalue weighted by atomic mass is 10.2. The minimum absolute atomic E-state index is 0.110. The quantitative estimate of drug-likeness (QED) is 0.898. The number of hydrogen-bond donors (Lipinski definition) is 1. The third kappa shape index (κ3) is 4.74. The highest BCUT2D eigenvalue weighted by Gasteiger charge is 2.25. The van der Waals surface area contributed by atoms with E-state index < -0.39 is 6.10 Å². The second kappa shape index (κ2) is 8.04. The molecular weight excluding hydrogens is 325 g/mol. The van der Waals surface area contributed by atoms with Crippen LogP contribution in [0.25, 0.3) is 0 Å². The van der Waals surface area contributed by atoms with Crippen molar-refractivity contribution in [2.24, 2.45) is 0 Å². The largest absolute Gasteiger partial charge is 0.456 e. The topological polar surface area (TPSA) is 63.7 Å². The van der Waals surface area contributed by atoms with Crippen LogP contribution in [0.2, 0.25) is 0 Å². The van der Waals surface area contributed by atoms with Gasteiger partial charge in [-0.2, -0.15) is 0 Å². The van der Waals surface area contributed by atoms with Crippen molar-refractivity contribution in [3.8, 4) is 11.5 Å². The Bertz CT molecular complexity index is 707. The third-order valence-electron chi connectivity index (χ3n) is 3.92. The SMILES string of the molecule is CNC(=O)[C@@H]1CN(Cc2ccc(Oc3ccc(F)cc3)cn2)CCO1. The Labute approximate surface area is 145 Å². The number of aromatic nitrogens is 1. The standard InChI is InChI=1S/C18H20FN3O3/c1-20-18(23)17-12-22(8-9-24-17)11-14-4-7-16(10-21-14)25-15-5-2-13(19)3-6-15/h2-7,10,17H,8-9,11-12H2,1H3,(H,20,23)/t17-/m0/s1. The van der Waals surface area contributed by atoms with Gasteiger partial charge in [-0.1, -0.05) is 0 Å². The van der Waals surface area contributed by atoms with Gasteiger partial charge in [-0.25, -0.2) is 4.39 Å². The molecular formula is C18H20FN3O3. The molecule has 0 unspecified atom stereocenters. The smallest absolute Gasteiger partial charge is 0.250 e. The van der Waals surface area contributed by atoms with Crippen molar-refractivity contribution in [1.29, 1.82) is 0 Å². The summed E-state index contributed by atoms with van der Waals surface area (Å²) in [7, 11) is 1.60. The highest BCUT2D eigenvalue weighted by molar-refractivity contribution is 5.80. The number of pyridine rings is 1. The Morgan fingerprint density at radius 3 is 2.76 bits per heavy atom. The third-order valence-corrected chi connectivity index (χ3v) is 3.92. The predicted molar refractivity (Wildman–Crippen MR) is 89.8 cm³/mol. The summed E-state index contributed by atoms with van der Waals surface area (Å²) in [5.74, 6) is 0.722. The highest BCUT2D eigenvalue weighted by atomic mass is 19.1. The van der Waals surface area contributed by atoms with E-state index in [0.717, 1.165) is 12.2 Å². The molecule has 1 aliphatic heterocycles. The first-order valence-electron chi connectivity index (χ1n) is 8.08. The average molecular weight is 345 g/mol. The van der Waals surface area contributed by atoms with Gasteiger partial charge < -0.3 is 14.8 Å². The zero-order chi connectivity index (χ0) is 17.6. The summed E-state index contributed by atoms with van der Waals surface area (Å²) < 4.78 is 24.0. The monoisotopic (exact) mass is 345 g/mol. The first kappa shape index (κ1) is 17.3. The van der Waals surface area contributed by atoms with Crippen LogP contribution >= 0.6 is 0 Å². The molecule has 0 spiro atoms. The van der Waals surface area contributed by atoms with E-state index in [-0.39, 0.29) is 11.7 Å². The number of hydrogen-bond acceptors (Lipinski definition) is 5. The molecule has 132 valence electrons. The second-order valence-corrected chi connectivity index (χ2v) is 5.75. The van der Waals surface area contributed by atoms with E-state index in [1.165, 1.54) is 12.1 Å². The number of nitrogens with one attached hydrogen (secondary N) is 1. The lowest BCUT2D eigenvalue weighted by Gasteiger charge is -2.31. The summed E-state index contributed by atoms with van der Waals surface area (Å²) in [5.41, 5.74) is 0.879. The van der Waals surface area contributed by atoms with Crippen molar-refractivity contribution in [3.05, 3.63) is 54.1 Å². The maximum Gasteiger partial charge on any atom is 0.250 e. The summed E-state index contributed by atoms with van der Waals surface area (Å²) in [4.78, 5) is 18.2. The number of nitrogens with zero attached hydrogens (tertiary/aromatic N) is 2. The number of ether oxygens (including phenoxy) is 2. The van der Waals surface area contributed by atoms with Crippen LogP contribution in [0.1, 0.15) is 5.69 Å². The molecule has 0 aliphatic carbocycles. The number of carbonyl (C=O) groups excluding carboxylic acids is 1. The van der Waals surface area contributed by atoms with Crippen molar-refractivity contribution in [2.75, 3.05) is 26.7 Å². The molecule has 6 nitrogen and oxygen atoms in total. The summed E-state index contributed by atoms with van der Waals surface area (Å²) in [6, 6.07) is 9.52. The van der Waals surface area contributed by atoms with E-state index in [9.17, 15) is 9.18 Å². The van der Waals surface area contributed by atoms with Crippen LogP contribution in [0.15, 0.2) is 42.6 Å². The van der Waals surface area contributed by atoms with E-state index in [1.807, 2.05) is 12.1 Å². The highest BCUT2D eigenvalue weighted by Crippen LogP contribution is 2.21. The summed E-state index contributed by atoms with van der Waals surface area (Å²) >= 11 is 0. The number of morpholine rings is 1. The van der Waals surface area contributed by atoms with Gasteiger partial charge in [0.25, 0.3) is 0 Å². The molecule has 1 atom stereocenters. The lowest BCUT2D eigenvalue weighted by molar-refractivity contribution is -0.138. The zero-order valence-corrected chi connectivity index (χ0v) is 13.9. The van der Waals surface area contributed by atoms with Gasteiger partial charge in [-0.3, -0.25) is 14.7 Å². The fourth-order valence-electron chi connectivity index (χ4n) is 2.60. The predicted octanol–water partition coefficient (Wildman–Crippen LogP) is 1.96. The van der Waals surface area contributed by atoms with E-state index in [1.54, 1.807) is 25.4 Å². The van der Waals surface area contributed by atoms with Gasteiger partial charge >= 0.3 is 0 Å². The number of halogens is 1. The number of amides is 1. The first-order valence-corrected chi connectivity index (χ1v) is 8.08. The number of likely N-dealkylation sites (N-methyl/N-ethyl adjacent to an activating group) is 1. The number of benzene rings is 1. The van der Waals surface area contributed by atoms with Crippen LogP contribution < -0.4 is 10.1 Å². The molecule has 1 amide bonds. The minimum atomic E-state index is -0.445. The molecule has 2 aromatic rings. The van der Waals surface area contributed by atoms with E-state index >= 15 is 0 Å². The van der Waals surface area contributed by atoms with Crippen LogP contribution in [-0.2, 0) is 16.1 Å². The molecule has 0 saturated carbocycles. The molecule has 0 radical (unpaired) electrons. The molecule has 1 aromatic carbocycles. The first-order chi connectivity index (χ1) is 12.1. The van der Waals surface area contributed by atoms with Gasteiger partial charge in [0, 0.05) is 26.7 Å². The van der Waals surface area contributed by atoms with Gasteiger partial charge in [0.15, 0.2) is 0 Å². The fourth-order valence-corrected chi connectivity index (χ4v) is 2.60. The molecule has 1 saturated heterocycles. The Kier molecular flexibility index (Phi) is 5.57. The fraction of sp³-hybridized carbons (Fsp3) is 0.333. The van der Waals surface area contributed by atoms with Crippen LogP contribution in [0.4, 0.5) is 4.39 Å². The van der Waals surface area contributed by atoms with E-state index in [4.69, 9.17) is 9.47 Å². The van der Waals surface area contributed by atoms with Gasteiger partial charge in [-0.15, -0.1) is 0 Å². The molecule has 1 fully saturated rings. The summed E-state index contributed by atoms with van der Waals surface area (Å²) in [6.45, 7) is 2.44. The molecule has 2 heterocycles. The molecule has 1 N–H and O–H groups in total. The average Bonchev–Trinajstić information content (AvgIpc) is 2.65. The Morgan fingerprint density at radius 1 is 1.32 bits per heavy atom. The molecule has 1 aliphatic rings. The molecule has 25 heavy (non-hydrogen) atoms. The van der Waals surface area contributed by atoms with Crippen molar-refractivity contribution < 1.29 is 18.7 Å². The maximum atomic E-state index is 12.9. The molecule has 3 rings (SSSR count). The number of carbonyl (C=O) groups is 1. The lowest BCUT2D eigenvalue weighted by Crippen LogP contribution is -2.48. The van der Waals surface area contributed by atoms with Crippen LogP contribution in [0, 0.1) is 5.82 Å². The van der Waals surface area contributed by atoms with Crippen molar-refractivity contribution in [1.82, 2.24) is 15.2 Å². The van der Waals surface area contributed by atoms with Crippen molar-refractivity contribution in [3.63, 3.8) is 0 Å². The summed E-state index contributed by atoms with van der Waals surface area (Å²) in [6.07, 6.45) is 1.19. The van der Waals surface area contributed by atoms with Crippen LogP contribution in [0.5, 0.6) is 11.5 Å². The van der Waals surface area contributed by atoms with Gasteiger partial charge in [0.1, 0.15) is 23.4 Å². The summed E-state index contributed by atoms with van der Waals surface area (Å²) in [5, 5.41) is 2.61. The van der Waals surface area contributed by atoms with E-state index in [0.29, 0.717) is 31.2 Å². The van der Waals surface area contributed by atoms with Crippen molar-refractivity contribution in [2.45, 2.75) is 12.6 Å². The van der Waals surface area contributed by atoms with Crippen LogP contribution in [0.3, 0.4) is 0 Å². The molecule has 7 heteroatoms. The Morgan fingerprint density at radius 2 is 2.08 bits per heavy atom. The Balaban J connectivity index is 1.57. The number of rotatable bonds is 5. The molecule has 1 aromatic heterocycles. The second-order valence-electron chi connectivity index (χ2n) is 5.75. The van der Waals surface area contributed by atoms with Gasteiger partial charge in [-0.05, 0) is 36.4 Å². The van der Waals surface area contributed by atoms with Crippen LogP contribution in [-0.4, -0.2) is 48.6 Å². The normalized spacial score (nSPS) is 17.9. The minimum Gasteiger partial charge on any atom is -0.456 e. The zero-order valence-electron chi connectivity index (χ0n) is 13.9. The maximum absolute atomic E-state index is 12.9. The van der Waals surface area contributed by atoms with Gasteiger partial charge in [0.2, 0.25) is 5.91 Å². The van der Waals surface area contributed by atoms with Crippen molar-refractivity contribution >= 4 is 5.91 Å².